The highest BCUT2D eigenvalue weighted by atomic mass is 79.9. The van der Waals surface area contributed by atoms with Gasteiger partial charge in [-0.25, -0.2) is 0 Å². The lowest BCUT2D eigenvalue weighted by Crippen LogP contribution is -2.50. The van der Waals surface area contributed by atoms with Crippen molar-refractivity contribution < 1.29 is 14.3 Å². The van der Waals surface area contributed by atoms with E-state index in [2.05, 4.69) is 37.2 Å². The Hall–Kier alpha value is 0.350. The van der Waals surface area contributed by atoms with Crippen LogP contribution in [0.15, 0.2) is 0 Å². The Morgan fingerprint density at radius 1 is 1.33 bits per heavy atom. The Morgan fingerprint density at radius 3 is 2.40 bits per heavy atom. The second-order valence-electron chi connectivity index (χ2n) is 3.42. The molecule has 1 amide bonds. The molecule has 0 atom stereocenters. The Kier molecular flexibility index (Phi) is 8.69. The summed E-state index contributed by atoms with van der Waals surface area (Å²) < 4.78 is 9.90. The highest BCUT2D eigenvalue weighted by molar-refractivity contribution is 9.09. The maximum Gasteiger partial charge on any atom is 0.246 e. The molecule has 0 aliphatic rings. The van der Waals surface area contributed by atoms with Gasteiger partial charge in [0.15, 0.2) is 0 Å². The Labute approximate surface area is 107 Å². The normalized spacial score (nSPS) is 11.5. The monoisotopic (exact) mass is 345 g/mol. The lowest BCUT2D eigenvalue weighted by Gasteiger charge is -2.26. The third-order valence-corrected chi connectivity index (χ3v) is 4.17. The van der Waals surface area contributed by atoms with Gasteiger partial charge in [0.1, 0.15) is 6.61 Å². The summed E-state index contributed by atoms with van der Waals surface area (Å²) in [4.78, 5) is 11.4. The number of carbonyl (C=O) groups is 1. The number of alkyl halides is 2. The van der Waals surface area contributed by atoms with Gasteiger partial charge in [-0.1, -0.05) is 31.9 Å². The Bertz CT molecular complexity index is 186. The van der Waals surface area contributed by atoms with Gasteiger partial charge in [-0.3, -0.25) is 4.79 Å². The molecule has 15 heavy (non-hydrogen) atoms. The minimum Gasteiger partial charge on any atom is -0.382 e. The fraction of sp³-hybridized carbons (Fsp3) is 0.889. The van der Waals surface area contributed by atoms with Crippen molar-refractivity contribution in [2.24, 2.45) is 0 Å². The molecule has 0 aromatic heterocycles. The Morgan fingerprint density at radius 2 is 1.93 bits per heavy atom. The minimum absolute atomic E-state index is 0.0684. The average molecular weight is 347 g/mol. The molecule has 0 rings (SSSR count). The van der Waals surface area contributed by atoms with E-state index in [4.69, 9.17) is 9.47 Å². The van der Waals surface area contributed by atoms with Crippen LogP contribution in [0.4, 0.5) is 0 Å². The molecule has 0 unspecified atom stereocenters. The first-order valence-electron chi connectivity index (χ1n) is 4.57. The second kappa shape index (κ2) is 8.50. The van der Waals surface area contributed by atoms with Gasteiger partial charge in [-0.05, 0) is 6.92 Å². The molecule has 0 saturated heterocycles. The topological polar surface area (TPSA) is 47.6 Å². The molecule has 0 bridgehead atoms. The van der Waals surface area contributed by atoms with Crippen LogP contribution in [0.2, 0.25) is 0 Å². The van der Waals surface area contributed by atoms with Crippen LogP contribution < -0.4 is 5.32 Å². The summed E-state index contributed by atoms with van der Waals surface area (Å²) >= 11 is 6.70. The van der Waals surface area contributed by atoms with Crippen LogP contribution >= 0.6 is 31.9 Å². The van der Waals surface area contributed by atoms with Gasteiger partial charge in [-0.15, -0.1) is 0 Å². The molecular formula is C9H17Br2NO3. The Balaban J connectivity index is 3.72. The molecule has 0 aliphatic heterocycles. The van der Waals surface area contributed by atoms with Crippen molar-refractivity contribution in [3.05, 3.63) is 0 Å². The van der Waals surface area contributed by atoms with E-state index in [-0.39, 0.29) is 18.1 Å². The average Bonchev–Trinajstić information content (AvgIpc) is 2.24. The van der Waals surface area contributed by atoms with E-state index < -0.39 is 0 Å². The number of hydrogen-bond acceptors (Lipinski definition) is 3. The fourth-order valence-electron chi connectivity index (χ4n) is 0.782. The standard InChI is InChI=1S/C9H17Br2NO3/c1-9(6-10,7-11)12-8(13)5-15-4-3-14-2/h3-7H2,1-2H3,(H,12,13). The van der Waals surface area contributed by atoms with Crippen molar-refractivity contribution in [2.45, 2.75) is 12.5 Å². The van der Waals surface area contributed by atoms with E-state index in [1.807, 2.05) is 6.92 Å². The van der Waals surface area contributed by atoms with Crippen LogP contribution in [-0.4, -0.2) is 49.0 Å². The maximum atomic E-state index is 11.4. The molecule has 0 heterocycles. The smallest absolute Gasteiger partial charge is 0.246 e. The number of nitrogens with one attached hydrogen (secondary N) is 1. The van der Waals surface area contributed by atoms with E-state index in [1.54, 1.807) is 7.11 Å². The van der Waals surface area contributed by atoms with Crippen LogP contribution in [0.5, 0.6) is 0 Å². The summed E-state index contributed by atoms with van der Waals surface area (Å²) in [6.45, 7) is 2.95. The van der Waals surface area contributed by atoms with Gasteiger partial charge in [0, 0.05) is 17.8 Å². The summed E-state index contributed by atoms with van der Waals surface area (Å²) in [5.74, 6) is -0.118. The lowest BCUT2D eigenvalue weighted by atomic mass is 10.1. The van der Waals surface area contributed by atoms with Crippen molar-refractivity contribution in [1.29, 1.82) is 0 Å². The van der Waals surface area contributed by atoms with Gasteiger partial charge in [-0.2, -0.15) is 0 Å². The minimum atomic E-state index is -0.276. The van der Waals surface area contributed by atoms with E-state index in [0.29, 0.717) is 23.9 Å². The summed E-state index contributed by atoms with van der Waals surface area (Å²) in [5, 5.41) is 4.25. The van der Waals surface area contributed by atoms with Crippen LogP contribution in [0.25, 0.3) is 0 Å². The molecule has 0 spiro atoms. The summed E-state index contributed by atoms with van der Waals surface area (Å²) in [7, 11) is 1.59. The zero-order valence-electron chi connectivity index (χ0n) is 9.02. The highest BCUT2D eigenvalue weighted by Crippen LogP contribution is 2.10. The molecule has 0 fully saturated rings. The number of ether oxygens (including phenoxy) is 2. The molecule has 6 heteroatoms. The number of halogens is 2. The zero-order chi connectivity index (χ0) is 11.7. The predicted octanol–water partition coefficient (Wildman–Crippen LogP) is 1.31. The second-order valence-corrected chi connectivity index (χ2v) is 4.54. The molecule has 4 nitrogen and oxygen atoms in total. The molecule has 0 aliphatic carbocycles. The molecule has 0 aromatic carbocycles. The van der Waals surface area contributed by atoms with E-state index >= 15 is 0 Å². The van der Waals surface area contributed by atoms with Gasteiger partial charge in [0.2, 0.25) is 5.91 Å². The van der Waals surface area contributed by atoms with Crippen LogP contribution in [-0.2, 0) is 14.3 Å². The molecule has 1 N–H and O–H groups in total. The highest BCUT2D eigenvalue weighted by Gasteiger charge is 2.23. The fourth-order valence-corrected chi connectivity index (χ4v) is 1.99. The number of rotatable bonds is 8. The first kappa shape index (κ1) is 15.3. The predicted molar refractivity (Wildman–Crippen MR) is 66.8 cm³/mol. The quantitative estimate of drug-likeness (QED) is 0.532. The number of amides is 1. The molecule has 0 aromatic rings. The van der Waals surface area contributed by atoms with Gasteiger partial charge < -0.3 is 14.8 Å². The van der Waals surface area contributed by atoms with E-state index in [0.717, 1.165) is 0 Å². The SMILES string of the molecule is COCCOCC(=O)NC(C)(CBr)CBr. The van der Waals surface area contributed by atoms with Gasteiger partial charge in [0.25, 0.3) is 0 Å². The van der Waals surface area contributed by atoms with Crippen molar-refractivity contribution in [3.63, 3.8) is 0 Å². The van der Waals surface area contributed by atoms with Crippen LogP contribution in [0.1, 0.15) is 6.92 Å². The lowest BCUT2D eigenvalue weighted by molar-refractivity contribution is -0.127. The molecule has 0 saturated carbocycles. The summed E-state index contributed by atoms with van der Waals surface area (Å²) in [6, 6.07) is 0. The zero-order valence-corrected chi connectivity index (χ0v) is 12.2. The summed E-state index contributed by atoms with van der Waals surface area (Å²) in [6.07, 6.45) is 0. The third-order valence-electron chi connectivity index (χ3n) is 1.70. The molecular weight excluding hydrogens is 330 g/mol. The van der Waals surface area contributed by atoms with E-state index in [9.17, 15) is 4.79 Å². The van der Waals surface area contributed by atoms with Gasteiger partial charge >= 0.3 is 0 Å². The number of methoxy groups -OCH3 is 1. The molecule has 90 valence electrons. The van der Waals surface area contributed by atoms with Crippen molar-refractivity contribution in [1.82, 2.24) is 5.32 Å². The van der Waals surface area contributed by atoms with E-state index in [1.165, 1.54) is 0 Å². The maximum absolute atomic E-state index is 11.4. The molecule has 0 radical (unpaired) electrons. The number of carbonyl (C=O) groups excluding carboxylic acids is 1. The van der Waals surface area contributed by atoms with Gasteiger partial charge in [0.05, 0.1) is 18.8 Å². The van der Waals surface area contributed by atoms with Crippen molar-refractivity contribution in [2.75, 3.05) is 37.6 Å². The first-order valence-corrected chi connectivity index (χ1v) is 6.82. The number of hydrogen-bond donors (Lipinski definition) is 1. The van der Waals surface area contributed by atoms with Crippen molar-refractivity contribution in [3.8, 4) is 0 Å². The largest absolute Gasteiger partial charge is 0.382 e. The third kappa shape index (κ3) is 7.27. The van der Waals surface area contributed by atoms with Crippen LogP contribution in [0.3, 0.4) is 0 Å². The first-order chi connectivity index (χ1) is 7.08. The van der Waals surface area contributed by atoms with Crippen molar-refractivity contribution >= 4 is 37.8 Å². The summed E-state index contributed by atoms with van der Waals surface area (Å²) in [5.41, 5.74) is -0.276. The van der Waals surface area contributed by atoms with Crippen LogP contribution in [0, 0.1) is 0 Å².